The first-order valence-electron chi connectivity index (χ1n) is 10.2. The highest BCUT2D eigenvalue weighted by Crippen LogP contribution is 2.32. The normalized spacial score (nSPS) is 15.6. The molecule has 0 bridgehead atoms. The van der Waals surface area contributed by atoms with Crippen LogP contribution in [0, 0.1) is 6.92 Å². The molecule has 3 aromatic rings. The van der Waals surface area contributed by atoms with Crippen LogP contribution in [0.1, 0.15) is 37.1 Å². The lowest BCUT2D eigenvalue weighted by atomic mass is 9.97. The van der Waals surface area contributed by atoms with Crippen molar-refractivity contribution in [3.8, 4) is 11.5 Å². The molecular weight excluding hydrogens is 452 g/mol. The van der Waals surface area contributed by atoms with Crippen LogP contribution < -0.4 is 5.32 Å². The van der Waals surface area contributed by atoms with E-state index in [0.717, 1.165) is 11.1 Å². The molecule has 0 spiro atoms. The lowest BCUT2D eigenvalue weighted by Gasteiger charge is -2.29. The summed E-state index contributed by atoms with van der Waals surface area (Å²) in [5.41, 5.74) is 2.34. The Labute approximate surface area is 191 Å². The molecule has 4 rings (SSSR count). The van der Waals surface area contributed by atoms with E-state index in [2.05, 4.69) is 15.5 Å². The summed E-state index contributed by atoms with van der Waals surface area (Å²) >= 11 is 6.16. The van der Waals surface area contributed by atoms with Gasteiger partial charge < -0.3 is 9.84 Å². The van der Waals surface area contributed by atoms with Gasteiger partial charge in [0, 0.05) is 31.5 Å². The Morgan fingerprint density at radius 1 is 1.19 bits per heavy atom. The van der Waals surface area contributed by atoms with Crippen molar-refractivity contribution in [2.45, 2.75) is 37.5 Å². The molecule has 0 aliphatic carbocycles. The number of nitrogens with zero attached hydrogens (tertiary/aromatic N) is 3. The molecule has 1 amide bonds. The minimum atomic E-state index is -3.71. The number of hydrogen-bond donors (Lipinski definition) is 1. The fraction of sp³-hybridized carbons (Fsp3) is 0.318. The summed E-state index contributed by atoms with van der Waals surface area (Å²) < 4.78 is 33.0. The van der Waals surface area contributed by atoms with Gasteiger partial charge in [-0.1, -0.05) is 34.5 Å². The maximum absolute atomic E-state index is 13.1. The third-order valence-electron chi connectivity index (χ3n) is 5.41. The zero-order valence-corrected chi connectivity index (χ0v) is 19.3. The second-order valence-corrected chi connectivity index (χ2v) is 10.2. The maximum Gasteiger partial charge on any atom is 0.257 e. The number of nitrogens with one attached hydrogen (secondary N) is 1. The fourth-order valence-corrected chi connectivity index (χ4v) is 5.54. The topological polar surface area (TPSA) is 105 Å². The highest BCUT2D eigenvalue weighted by molar-refractivity contribution is 7.89. The van der Waals surface area contributed by atoms with Gasteiger partial charge in [0.15, 0.2) is 5.82 Å². The number of piperidine rings is 1. The first-order chi connectivity index (χ1) is 15.2. The molecule has 2 heterocycles. The number of aromatic nitrogens is 2. The zero-order valence-electron chi connectivity index (χ0n) is 17.7. The standard InChI is InChI=1S/C22H23ClN4O4S/c1-14-4-3-5-17(12-14)22-25-21(26-31-22)16-8-10-27(11-9-16)32(29,30)18-6-7-20(19(23)13-18)24-15(2)28/h3-7,12-13,16H,8-11H2,1-2H3,(H,24,28). The van der Waals surface area contributed by atoms with Crippen LogP contribution in [0.5, 0.6) is 0 Å². The maximum atomic E-state index is 13.1. The fourth-order valence-electron chi connectivity index (χ4n) is 3.75. The molecule has 1 saturated heterocycles. The number of aryl methyl sites for hydroxylation is 1. The molecule has 1 aliphatic rings. The van der Waals surface area contributed by atoms with Crippen molar-refractivity contribution < 1.29 is 17.7 Å². The van der Waals surface area contributed by atoms with Crippen LogP contribution in [0.2, 0.25) is 5.02 Å². The first kappa shape index (κ1) is 22.4. The van der Waals surface area contributed by atoms with Crippen molar-refractivity contribution in [2.75, 3.05) is 18.4 Å². The van der Waals surface area contributed by atoms with Crippen molar-refractivity contribution in [3.05, 3.63) is 58.9 Å². The number of carbonyl (C=O) groups excluding carboxylic acids is 1. The molecule has 32 heavy (non-hydrogen) atoms. The van der Waals surface area contributed by atoms with E-state index in [1.54, 1.807) is 0 Å². The third kappa shape index (κ3) is 4.69. The van der Waals surface area contributed by atoms with E-state index in [0.29, 0.717) is 43.3 Å². The molecule has 0 saturated carbocycles. The molecule has 1 aliphatic heterocycles. The van der Waals surface area contributed by atoms with Crippen LogP contribution >= 0.6 is 11.6 Å². The van der Waals surface area contributed by atoms with Gasteiger partial charge >= 0.3 is 0 Å². The quantitative estimate of drug-likeness (QED) is 0.593. The number of amides is 1. The number of carbonyl (C=O) groups is 1. The smallest absolute Gasteiger partial charge is 0.257 e. The predicted octanol–water partition coefficient (Wildman–Crippen LogP) is 4.23. The Hall–Kier alpha value is -2.75. The Kier molecular flexibility index (Phi) is 6.32. The van der Waals surface area contributed by atoms with Crippen LogP contribution in [0.15, 0.2) is 51.9 Å². The van der Waals surface area contributed by atoms with Gasteiger partial charge in [0.1, 0.15) is 0 Å². The summed E-state index contributed by atoms with van der Waals surface area (Å²) in [6.45, 7) is 4.04. The number of halogens is 1. The summed E-state index contributed by atoms with van der Waals surface area (Å²) in [6, 6.07) is 12.1. The van der Waals surface area contributed by atoms with Crippen LogP contribution in [0.3, 0.4) is 0 Å². The van der Waals surface area contributed by atoms with Crippen molar-refractivity contribution in [1.29, 1.82) is 0 Å². The molecule has 1 aromatic heterocycles. The summed E-state index contributed by atoms with van der Waals surface area (Å²) in [6.07, 6.45) is 1.17. The number of rotatable bonds is 5. The van der Waals surface area contributed by atoms with Gasteiger partial charge in [0.2, 0.25) is 15.9 Å². The second-order valence-electron chi connectivity index (χ2n) is 7.83. The van der Waals surface area contributed by atoms with E-state index in [-0.39, 0.29) is 21.7 Å². The van der Waals surface area contributed by atoms with Crippen LogP contribution in [-0.4, -0.2) is 41.9 Å². The SMILES string of the molecule is CC(=O)Nc1ccc(S(=O)(=O)N2CCC(c3noc(-c4cccc(C)c4)n3)CC2)cc1Cl. The minimum absolute atomic E-state index is 0.0227. The summed E-state index contributed by atoms with van der Waals surface area (Å²) in [7, 11) is -3.71. The number of benzene rings is 2. The third-order valence-corrected chi connectivity index (χ3v) is 7.62. The van der Waals surface area contributed by atoms with Crippen molar-refractivity contribution in [1.82, 2.24) is 14.4 Å². The molecular formula is C22H23ClN4O4S. The molecule has 10 heteroatoms. The first-order valence-corrected chi connectivity index (χ1v) is 12.0. The monoisotopic (exact) mass is 474 g/mol. The summed E-state index contributed by atoms with van der Waals surface area (Å²) in [4.78, 5) is 15.9. The van der Waals surface area contributed by atoms with E-state index in [4.69, 9.17) is 16.1 Å². The summed E-state index contributed by atoms with van der Waals surface area (Å²) in [5.74, 6) is 0.806. The van der Waals surface area contributed by atoms with Crippen molar-refractivity contribution in [2.24, 2.45) is 0 Å². The van der Waals surface area contributed by atoms with E-state index < -0.39 is 10.0 Å². The number of sulfonamides is 1. The summed E-state index contributed by atoms with van der Waals surface area (Å²) in [5, 5.41) is 6.87. The molecule has 168 valence electrons. The lowest BCUT2D eigenvalue weighted by molar-refractivity contribution is -0.114. The van der Waals surface area contributed by atoms with Crippen LogP contribution in [0.4, 0.5) is 5.69 Å². The average Bonchev–Trinajstić information content (AvgIpc) is 3.25. The molecule has 1 fully saturated rings. The predicted molar refractivity (Wildman–Crippen MR) is 121 cm³/mol. The van der Waals surface area contributed by atoms with E-state index in [1.165, 1.54) is 29.4 Å². The molecule has 2 aromatic carbocycles. The van der Waals surface area contributed by atoms with E-state index in [9.17, 15) is 13.2 Å². The lowest BCUT2D eigenvalue weighted by Crippen LogP contribution is -2.38. The minimum Gasteiger partial charge on any atom is -0.334 e. The van der Waals surface area contributed by atoms with Crippen molar-refractivity contribution in [3.63, 3.8) is 0 Å². The molecule has 0 radical (unpaired) electrons. The number of hydrogen-bond acceptors (Lipinski definition) is 6. The van der Waals surface area contributed by atoms with Crippen molar-refractivity contribution >= 4 is 33.2 Å². The van der Waals surface area contributed by atoms with E-state index >= 15 is 0 Å². The van der Waals surface area contributed by atoms with Crippen LogP contribution in [-0.2, 0) is 14.8 Å². The number of anilines is 1. The Morgan fingerprint density at radius 3 is 2.59 bits per heavy atom. The zero-order chi connectivity index (χ0) is 22.9. The Balaban J connectivity index is 1.44. The van der Waals surface area contributed by atoms with Gasteiger partial charge in [-0.05, 0) is 50.1 Å². The highest BCUT2D eigenvalue weighted by Gasteiger charge is 2.32. The van der Waals surface area contributed by atoms with Gasteiger partial charge in [-0.3, -0.25) is 4.79 Å². The molecule has 0 atom stereocenters. The van der Waals surface area contributed by atoms with Gasteiger partial charge in [0.05, 0.1) is 15.6 Å². The highest BCUT2D eigenvalue weighted by atomic mass is 35.5. The second kappa shape index (κ2) is 9.01. The van der Waals surface area contributed by atoms with Gasteiger partial charge in [-0.15, -0.1) is 0 Å². The molecule has 1 N–H and O–H groups in total. The van der Waals surface area contributed by atoms with Gasteiger partial charge in [-0.2, -0.15) is 9.29 Å². The van der Waals surface area contributed by atoms with Gasteiger partial charge in [-0.25, -0.2) is 8.42 Å². The average molecular weight is 475 g/mol. The van der Waals surface area contributed by atoms with Gasteiger partial charge in [0.25, 0.3) is 5.89 Å². The molecule has 0 unspecified atom stereocenters. The Morgan fingerprint density at radius 2 is 1.94 bits per heavy atom. The van der Waals surface area contributed by atoms with E-state index in [1.807, 2.05) is 31.2 Å². The van der Waals surface area contributed by atoms with Crippen LogP contribution in [0.25, 0.3) is 11.5 Å². The Bertz CT molecular complexity index is 1250. The molecule has 8 nitrogen and oxygen atoms in total. The largest absolute Gasteiger partial charge is 0.334 e.